The highest BCUT2D eigenvalue weighted by Gasteiger charge is 2.21. The minimum atomic E-state index is -1.05. The molecule has 1 aromatic carbocycles. The predicted octanol–water partition coefficient (Wildman–Crippen LogP) is -4.85. The van der Waals surface area contributed by atoms with Gasteiger partial charge in [-0.2, -0.15) is 33.4 Å². The molecule has 3 atom stereocenters. The van der Waals surface area contributed by atoms with Gasteiger partial charge in [0.05, 0.1) is 6.07 Å². The zero-order valence-electron chi connectivity index (χ0n) is 8.91. The van der Waals surface area contributed by atoms with Crippen molar-refractivity contribution in [3.8, 4) is 0 Å². The van der Waals surface area contributed by atoms with E-state index < -0.39 is 15.7 Å². The van der Waals surface area contributed by atoms with E-state index in [1.165, 1.54) is 6.07 Å². The predicted molar refractivity (Wildman–Crippen MR) is 54.2 cm³/mol. The molecule has 12 heteroatoms. The molecule has 0 aliphatic heterocycles. The average molecular weight is 264 g/mol. The Morgan fingerprint density at radius 3 is 1.78 bits per heavy atom. The van der Waals surface area contributed by atoms with Gasteiger partial charge in [-0.15, -0.1) is 14.8 Å². The number of hydrogen-bond acceptors (Lipinski definition) is 9. The Balaban J connectivity index is 3.20. The summed E-state index contributed by atoms with van der Waals surface area (Å²) < 4.78 is 0. The van der Waals surface area contributed by atoms with Crippen molar-refractivity contribution in [2.75, 3.05) is 0 Å². The Morgan fingerprint density at radius 1 is 0.778 bits per heavy atom. The van der Waals surface area contributed by atoms with E-state index in [0.717, 1.165) is 12.1 Å². The van der Waals surface area contributed by atoms with Gasteiger partial charge in [-0.3, -0.25) is 0 Å². The fourth-order valence-electron chi connectivity index (χ4n) is 1.21. The topological polar surface area (TPSA) is 188 Å². The highest BCUT2D eigenvalue weighted by Crippen LogP contribution is 2.17. The largest absolute Gasteiger partial charge is 0.593 e. The van der Waals surface area contributed by atoms with E-state index in [2.05, 4.69) is 20.7 Å². The number of hydrogen-bond donors (Lipinski definition) is 6. The SMILES string of the molecule is NO[NH+]([O-])c1ccc([NH+]([O-])ON)c([NH+]([O-])ON)c1. The van der Waals surface area contributed by atoms with Gasteiger partial charge >= 0.3 is 0 Å². The molecule has 12 nitrogen and oxygen atoms in total. The molecule has 102 valence electrons. The molecule has 3 unspecified atom stereocenters. The lowest BCUT2D eigenvalue weighted by Crippen LogP contribution is -3.07. The number of quaternary nitrogens is 3. The Hall–Kier alpha value is -1.26. The Bertz CT molecular complexity index is 393. The lowest BCUT2D eigenvalue weighted by Gasteiger charge is -2.23. The van der Waals surface area contributed by atoms with Crippen molar-refractivity contribution in [2.24, 2.45) is 17.7 Å². The van der Waals surface area contributed by atoms with E-state index in [9.17, 15) is 15.6 Å². The van der Waals surface area contributed by atoms with E-state index in [-0.39, 0.29) is 17.1 Å². The lowest BCUT2D eigenvalue weighted by atomic mass is 10.2. The maximum atomic E-state index is 11.3. The molecule has 0 amide bonds. The molecule has 0 spiro atoms. The molecular formula is C6H12N6O6. The molecular weight excluding hydrogens is 252 g/mol. The van der Waals surface area contributed by atoms with Gasteiger partial charge in [0.1, 0.15) is 0 Å². The molecule has 0 saturated carbocycles. The smallest absolute Gasteiger partial charge is 0.236 e. The standard InChI is InChI=1S/C6H12N6O6/c7-16-10(13)4-1-2-5(11(14)17-8)6(3-4)12(15)18-9/h1-3,10-12H,7-9H2. The molecule has 1 rings (SSSR count). The van der Waals surface area contributed by atoms with E-state index in [1.807, 2.05) is 0 Å². The minimum absolute atomic E-state index is 0.0773. The van der Waals surface area contributed by atoms with E-state index in [1.54, 1.807) is 0 Å². The average Bonchev–Trinajstić information content (AvgIpc) is 2.43. The molecule has 9 N–H and O–H groups in total. The number of benzene rings is 1. The highest BCUT2D eigenvalue weighted by atomic mass is 17.0. The van der Waals surface area contributed by atoms with Gasteiger partial charge < -0.3 is 15.6 Å². The van der Waals surface area contributed by atoms with Crippen LogP contribution in [0.4, 0.5) is 17.1 Å². The van der Waals surface area contributed by atoms with Crippen LogP contribution in [-0.4, -0.2) is 0 Å². The van der Waals surface area contributed by atoms with Gasteiger partial charge in [-0.05, 0) is 0 Å². The molecule has 0 aliphatic rings. The van der Waals surface area contributed by atoms with Crippen molar-refractivity contribution in [2.45, 2.75) is 0 Å². The first kappa shape index (κ1) is 14.8. The van der Waals surface area contributed by atoms with Crippen LogP contribution in [0.5, 0.6) is 0 Å². The van der Waals surface area contributed by atoms with Crippen molar-refractivity contribution >= 4 is 17.1 Å². The van der Waals surface area contributed by atoms with Crippen molar-refractivity contribution in [3.63, 3.8) is 0 Å². The van der Waals surface area contributed by atoms with E-state index >= 15 is 0 Å². The second kappa shape index (κ2) is 6.61. The molecule has 0 heterocycles. The van der Waals surface area contributed by atoms with Crippen LogP contribution in [-0.2, 0) is 14.8 Å². The number of nitrogens with two attached hydrogens (primary N) is 3. The zero-order valence-corrected chi connectivity index (χ0v) is 8.91. The van der Waals surface area contributed by atoms with Crippen molar-refractivity contribution in [3.05, 3.63) is 33.8 Å². The fraction of sp³-hybridized carbons (Fsp3) is 0. The van der Waals surface area contributed by atoms with Gasteiger partial charge in [0.15, 0.2) is 5.69 Å². The molecule has 0 fully saturated rings. The summed E-state index contributed by atoms with van der Waals surface area (Å²) in [4.78, 5) is 11.9. The lowest BCUT2D eigenvalue weighted by molar-refractivity contribution is -1.02. The van der Waals surface area contributed by atoms with Crippen LogP contribution < -0.4 is 33.4 Å². The van der Waals surface area contributed by atoms with Crippen molar-refractivity contribution in [1.29, 1.82) is 0 Å². The van der Waals surface area contributed by atoms with E-state index in [0.29, 0.717) is 0 Å². The Labute approximate surface area is 100 Å². The summed E-state index contributed by atoms with van der Waals surface area (Å²) in [7, 11) is 0. The Kier molecular flexibility index (Phi) is 5.44. The van der Waals surface area contributed by atoms with Crippen molar-refractivity contribution in [1.82, 2.24) is 0 Å². The van der Waals surface area contributed by atoms with Gasteiger partial charge in [0, 0.05) is 12.1 Å². The molecule has 0 bridgehead atoms. The van der Waals surface area contributed by atoms with Gasteiger partial charge in [-0.1, -0.05) is 0 Å². The molecule has 0 saturated heterocycles. The van der Waals surface area contributed by atoms with Crippen LogP contribution in [0, 0.1) is 15.6 Å². The second-order valence-corrected chi connectivity index (χ2v) is 2.98. The third-order valence-corrected chi connectivity index (χ3v) is 2.02. The zero-order chi connectivity index (χ0) is 13.7. The van der Waals surface area contributed by atoms with Crippen molar-refractivity contribution < 1.29 is 30.5 Å². The normalized spacial score (nSPS) is 16.3. The van der Waals surface area contributed by atoms with Crippen LogP contribution in [0.1, 0.15) is 0 Å². The Morgan fingerprint density at radius 2 is 1.28 bits per heavy atom. The number of nitrogens with one attached hydrogen (secondary N) is 3. The molecule has 0 radical (unpaired) electrons. The first-order valence-electron chi connectivity index (χ1n) is 4.42. The van der Waals surface area contributed by atoms with Gasteiger partial charge in [0.2, 0.25) is 11.4 Å². The van der Waals surface area contributed by atoms with Crippen LogP contribution in [0.3, 0.4) is 0 Å². The summed E-state index contributed by atoms with van der Waals surface area (Å²) >= 11 is 0. The summed E-state index contributed by atoms with van der Waals surface area (Å²) in [6, 6.07) is 3.32. The summed E-state index contributed by atoms with van der Waals surface area (Å²) in [6.45, 7) is 0. The van der Waals surface area contributed by atoms with Gasteiger partial charge in [0.25, 0.3) is 0 Å². The maximum absolute atomic E-state index is 11.3. The summed E-state index contributed by atoms with van der Waals surface area (Å²) in [6.07, 6.45) is 0. The summed E-state index contributed by atoms with van der Waals surface area (Å²) in [5, 5.41) is 30.8. The van der Waals surface area contributed by atoms with Crippen LogP contribution in [0.15, 0.2) is 18.2 Å². The van der Waals surface area contributed by atoms with Crippen LogP contribution in [0.25, 0.3) is 0 Å². The molecule has 0 aromatic heterocycles. The minimum Gasteiger partial charge on any atom is -0.593 e. The number of rotatable bonds is 6. The third-order valence-electron chi connectivity index (χ3n) is 2.02. The monoisotopic (exact) mass is 264 g/mol. The summed E-state index contributed by atoms with van der Waals surface area (Å²) in [5.41, 5.74) is -0.608. The molecule has 18 heavy (non-hydrogen) atoms. The first-order chi connectivity index (χ1) is 8.54. The third kappa shape index (κ3) is 3.15. The van der Waals surface area contributed by atoms with Crippen LogP contribution in [0.2, 0.25) is 0 Å². The van der Waals surface area contributed by atoms with E-state index in [4.69, 9.17) is 11.8 Å². The highest BCUT2D eigenvalue weighted by molar-refractivity contribution is 5.57. The molecule has 1 aromatic rings. The first-order valence-corrected chi connectivity index (χ1v) is 4.42. The van der Waals surface area contributed by atoms with Crippen LogP contribution >= 0.6 is 0 Å². The molecule has 0 aliphatic carbocycles. The summed E-state index contributed by atoms with van der Waals surface area (Å²) in [5.74, 6) is 14.1. The maximum Gasteiger partial charge on any atom is 0.236 e. The second-order valence-electron chi connectivity index (χ2n) is 2.98. The van der Waals surface area contributed by atoms with Gasteiger partial charge in [-0.25, -0.2) is 0 Å². The fourth-order valence-corrected chi connectivity index (χ4v) is 1.21. The quantitative estimate of drug-likeness (QED) is 0.273.